The summed E-state index contributed by atoms with van der Waals surface area (Å²) in [7, 11) is 0. The van der Waals surface area contributed by atoms with E-state index in [-0.39, 0.29) is 0 Å². The van der Waals surface area contributed by atoms with Crippen LogP contribution in [0.15, 0.2) is 0 Å². The third kappa shape index (κ3) is 4.73. The molecule has 0 aliphatic heterocycles. The Labute approximate surface area is 53.7 Å². The standard InChI is InChI=1S/C2BrCl2O/c3-2(4,5)1-6. The van der Waals surface area contributed by atoms with Gasteiger partial charge in [-0.2, -0.15) is 0 Å². The van der Waals surface area contributed by atoms with Crippen LogP contribution in [0.1, 0.15) is 0 Å². The van der Waals surface area contributed by atoms with Gasteiger partial charge < -0.3 is 0 Å². The maximum Gasteiger partial charge on any atom is 0.249 e. The number of rotatable bonds is 1. The van der Waals surface area contributed by atoms with Crippen LogP contribution in [0.5, 0.6) is 0 Å². The van der Waals surface area contributed by atoms with Crippen LogP contribution in [-0.2, 0) is 4.79 Å². The molecule has 0 unspecified atom stereocenters. The van der Waals surface area contributed by atoms with Gasteiger partial charge >= 0.3 is 0 Å². The number of hydrogen-bond donors (Lipinski definition) is 0. The zero-order valence-electron chi connectivity index (χ0n) is 2.54. The number of hydrogen-bond acceptors (Lipinski definition) is 1. The lowest BCUT2D eigenvalue weighted by Gasteiger charge is -1.92. The average molecular weight is 191 g/mol. The van der Waals surface area contributed by atoms with E-state index in [4.69, 9.17) is 23.2 Å². The largest absolute Gasteiger partial charge is 0.286 e. The minimum absolute atomic E-state index is 1.30. The first-order valence-electron chi connectivity index (χ1n) is 1.02. The van der Waals surface area contributed by atoms with Gasteiger partial charge in [0.1, 0.15) is 0 Å². The van der Waals surface area contributed by atoms with E-state index >= 15 is 0 Å². The molecule has 0 aromatic carbocycles. The zero-order valence-corrected chi connectivity index (χ0v) is 5.64. The molecule has 6 heavy (non-hydrogen) atoms. The molecule has 0 N–H and O–H groups in total. The van der Waals surface area contributed by atoms with Crippen molar-refractivity contribution in [1.82, 2.24) is 0 Å². The second kappa shape index (κ2) is 2.15. The quantitative estimate of drug-likeness (QED) is 0.575. The van der Waals surface area contributed by atoms with Crippen molar-refractivity contribution in [2.75, 3.05) is 0 Å². The van der Waals surface area contributed by atoms with Crippen molar-refractivity contribution in [2.24, 2.45) is 0 Å². The molecule has 0 fully saturated rings. The Morgan fingerprint density at radius 1 is 1.67 bits per heavy atom. The molecule has 0 saturated heterocycles. The summed E-state index contributed by atoms with van der Waals surface area (Å²) in [6.07, 6.45) is 1.30. The third-order valence-corrected chi connectivity index (χ3v) is 0.432. The second-order valence-corrected chi connectivity index (χ2v) is 4.03. The highest BCUT2D eigenvalue weighted by molar-refractivity contribution is 9.11. The Bertz CT molecular complexity index is 57.1. The van der Waals surface area contributed by atoms with Gasteiger partial charge in [0.25, 0.3) is 0 Å². The highest BCUT2D eigenvalue weighted by Gasteiger charge is 2.17. The molecule has 0 aromatic heterocycles. The van der Waals surface area contributed by atoms with E-state index in [2.05, 4.69) is 15.9 Å². The van der Waals surface area contributed by atoms with Crippen molar-refractivity contribution in [3.05, 3.63) is 0 Å². The maximum absolute atomic E-state index is 9.39. The summed E-state index contributed by atoms with van der Waals surface area (Å²) < 4.78 is -1.51. The summed E-state index contributed by atoms with van der Waals surface area (Å²) in [5, 5.41) is 0. The Kier molecular flexibility index (Phi) is 2.41. The molecule has 0 bridgehead atoms. The molecule has 0 rings (SSSR count). The van der Waals surface area contributed by atoms with Crippen molar-refractivity contribution in [2.45, 2.75) is 3.24 Å². The van der Waals surface area contributed by atoms with Gasteiger partial charge in [-0.05, 0) is 15.9 Å². The smallest absolute Gasteiger partial charge is 0.249 e. The van der Waals surface area contributed by atoms with E-state index in [1.807, 2.05) is 0 Å². The third-order valence-electron chi connectivity index (χ3n) is 0.116. The van der Waals surface area contributed by atoms with E-state index in [0.29, 0.717) is 0 Å². The van der Waals surface area contributed by atoms with Gasteiger partial charge in [-0.15, -0.1) is 0 Å². The summed E-state index contributed by atoms with van der Waals surface area (Å²) in [6.45, 7) is 0. The van der Waals surface area contributed by atoms with Crippen LogP contribution in [0.2, 0.25) is 0 Å². The lowest BCUT2D eigenvalue weighted by Crippen LogP contribution is -1.99. The first kappa shape index (κ1) is 6.73. The second-order valence-electron chi connectivity index (χ2n) is 0.600. The Morgan fingerprint density at radius 3 is 1.83 bits per heavy atom. The molecule has 4 heteroatoms. The highest BCUT2D eigenvalue weighted by atomic mass is 79.9. The van der Waals surface area contributed by atoms with Gasteiger partial charge in [0.15, 0.2) is 0 Å². The molecule has 0 aliphatic carbocycles. The van der Waals surface area contributed by atoms with E-state index in [1.54, 1.807) is 0 Å². The molecule has 0 amide bonds. The van der Waals surface area contributed by atoms with Crippen molar-refractivity contribution >= 4 is 45.4 Å². The molecule has 35 valence electrons. The van der Waals surface area contributed by atoms with E-state index in [1.165, 1.54) is 6.29 Å². The van der Waals surface area contributed by atoms with Crippen LogP contribution in [0.25, 0.3) is 0 Å². The van der Waals surface area contributed by atoms with Crippen LogP contribution >= 0.6 is 39.1 Å². The molecule has 0 atom stereocenters. The van der Waals surface area contributed by atoms with E-state index in [9.17, 15) is 4.79 Å². The Morgan fingerprint density at radius 2 is 1.83 bits per heavy atom. The number of alkyl halides is 3. The molecule has 1 radical (unpaired) electrons. The molecule has 0 spiro atoms. The molecular formula is C2BrCl2O. The number of carbonyl (C=O) groups excluding carboxylic acids is 1. The first-order valence-corrected chi connectivity index (χ1v) is 2.57. The van der Waals surface area contributed by atoms with Crippen LogP contribution in [0, 0.1) is 0 Å². The Hall–Kier alpha value is 0.730. The van der Waals surface area contributed by atoms with Gasteiger partial charge in [0.05, 0.1) is 0 Å². The van der Waals surface area contributed by atoms with E-state index < -0.39 is 3.24 Å². The summed E-state index contributed by atoms with van der Waals surface area (Å²) in [4.78, 5) is 9.39. The first-order chi connectivity index (χ1) is 2.56. The van der Waals surface area contributed by atoms with Crippen LogP contribution < -0.4 is 0 Å². The van der Waals surface area contributed by atoms with Gasteiger partial charge in [-0.1, -0.05) is 23.2 Å². The SMILES string of the molecule is O=[C]C(Cl)(Cl)Br. The van der Waals surface area contributed by atoms with Gasteiger partial charge in [-0.25, -0.2) is 0 Å². The Balaban J connectivity index is 3.45. The van der Waals surface area contributed by atoms with Crippen LogP contribution in [0.3, 0.4) is 0 Å². The summed E-state index contributed by atoms with van der Waals surface area (Å²) in [6, 6.07) is 0. The molecule has 0 aromatic rings. The zero-order chi connectivity index (χ0) is 5.21. The molecular weight excluding hydrogens is 191 g/mol. The fourth-order valence-corrected chi connectivity index (χ4v) is 0. The monoisotopic (exact) mass is 189 g/mol. The molecule has 0 saturated carbocycles. The van der Waals surface area contributed by atoms with E-state index in [0.717, 1.165) is 0 Å². The summed E-state index contributed by atoms with van der Waals surface area (Å²) >= 11 is 12.5. The van der Waals surface area contributed by atoms with Gasteiger partial charge in [0, 0.05) is 0 Å². The molecule has 0 aliphatic rings. The van der Waals surface area contributed by atoms with Crippen LogP contribution in [0.4, 0.5) is 0 Å². The average Bonchev–Trinajstić information content (AvgIpc) is 1.35. The van der Waals surface area contributed by atoms with Crippen molar-refractivity contribution in [1.29, 1.82) is 0 Å². The maximum atomic E-state index is 9.39. The van der Waals surface area contributed by atoms with Crippen molar-refractivity contribution in [3.63, 3.8) is 0 Å². The summed E-state index contributed by atoms with van der Waals surface area (Å²) in [5.41, 5.74) is 0. The van der Waals surface area contributed by atoms with Gasteiger partial charge in [-0.3, -0.25) is 4.79 Å². The summed E-state index contributed by atoms with van der Waals surface area (Å²) in [5.74, 6) is 0. The molecule has 1 nitrogen and oxygen atoms in total. The molecule has 0 heterocycles. The predicted octanol–water partition coefficient (Wildman–Crippen LogP) is 1.62. The van der Waals surface area contributed by atoms with Crippen molar-refractivity contribution in [3.8, 4) is 0 Å². The fraction of sp³-hybridized carbons (Fsp3) is 0.500. The minimum Gasteiger partial charge on any atom is -0.286 e. The van der Waals surface area contributed by atoms with Crippen LogP contribution in [-0.4, -0.2) is 9.53 Å². The van der Waals surface area contributed by atoms with Gasteiger partial charge in [0.2, 0.25) is 9.53 Å². The predicted molar refractivity (Wildman–Crippen MR) is 29.1 cm³/mol. The number of halogens is 3. The van der Waals surface area contributed by atoms with Crippen molar-refractivity contribution < 1.29 is 4.79 Å². The lowest BCUT2D eigenvalue weighted by atomic mass is 10.9. The fourth-order valence-electron chi connectivity index (χ4n) is 0. The minimum atomic E-state index is -1.51. The lowest BCUT2D eigenvalue weighted by molar-refractivity contribution is 0.557. The normalized spacial score (nSPS) is 11.2. The highest BCUT2D eigenvalue weighted by Crippen LogP contribution is 2.24. The topological polar surface area (TPSA) is 17.1 Å².